The van der Waals surface area contributed by atoms with Crippen LogP contribution in [0.2, 0.25) is 2.82 Å². The first-order chi connectivity index (χ1) is 7.16. The average Bonchev–Trinajstić information content (AvgIpc) is 2.57. The van der Waals surface area contributed by atoms with E-state index in [1.165, 1.54) is 0 Å². The highest BCUT2D eigenvalue weighted by Crippen LogP contribution is 2.22. The van der Waals surface area contributed by atoms with Crippen molar-refractivity contribution < 1.29 is 7.93 Å². The molecular weight excluding hydrogens is 164 g/mol. The molecule has 0 saturated carbocycles. The molecule has 0 aliphatic rings. The number of rotatable bonds is 3. The summed E-state index contributed by atoms with van der Waals surface area (Å²) in [4.78, 5) is 3.09. The molecule has 0 atom stereocenters. The molecule has 1 aromatic heterocycles. The van der Waals surface area contributed by atoms with Gasteiger partial charge in [-0.25, -0.2) is 0 Å². The largest absolute Gasteiger partial charge is 0.508 e. The fraction of sp³-hybridized carbons (Fsp3) is 0.200. The van der Waals surface area contributed by atoms with Crippen molar-refractivity contribution in [2.75, 3.05) is 6.54 Å². The van der Waals surface area contributed by atoms with Gasteiger partial charge in [0.25, 0.3) is 0 Å². The Kier molecular flexibility index (Phi) is 1.44. The van der Waals surface area contributed by atoms with Crippen molar-refractivity contribution >= 4 is 10.9 Å². The molecule has 0 saturated heterocycles. The van der Waals surface area contributed by atoms with Crippen LogP contribution in [0.3, 0.4) is 0 Å². The number of phenols is 1. The predicted molar refractivity (Wildman–Crippen MR) is 52.7 cm³/mol. The standard InChI is InChI=1S/C10H12N2O/c11-4-3-7-6-12-10-2-1-8(13)5-9(7)10/h1-2,5-6,12-13H,3-4,11H2/i/hD2. The summed E-state index contributed by atoms with van der Waals surface area (Å²) in [5, 5.41) is 10.3. The molecule has 0 radical (unpaired) electrons. The Labute approximate surface area is 79.1 Å². The lowest BCUT2D eigenvalue weighted by molar-refractivity contribution is 0.476. The van der Waals surface area contributed by atoms with Crippen LogP contribution in [0.5, 0.6) is 5.75 Å². The SMILES string of the molecule is [2H]N([2H])CCc1c[nH]c2ccc(O)cc12. The summed E-state index contributed by atoms with van der Waals surface area (Å²) in [5.41, 5.74) is 2.64. The zero-order valence-corrected chi connectivity index (χ0v) is 7.12. The van der Waals surface area contributed by atoms with E-state index in [0.717, 1.165) is 16.5 Å². The van der Waals surface area contributed by atoms with E-state index in [1.54, 1.807) is 12.1 Å². The van der Waals surface area contributed by atoms with Gasteiger partial charge in [-0.05, 0) is 36.7 Å². The third kappa shape index (κ3) is 1.38. The molecule has 3 heteroatoms. The molecule has 0 fully saturated rings. The molecule has 1 aromatic carbocycles. The number of fused-ring (bicyclic) bond motifs is 1. The lowest BCUT2D eigenvalue weighted by Crippen LogP contribution is -2.01. The number of hydrogen-bond donors (Lipinski definition) is 3. The monoisotopic (exact) mass is 178 g/mol. The molecule has 13 heavy (non-hydrogen) atoms. The van der Waals surface area contributed by atoms with Crippen LogP contribution in [0.1, 0.15) is 5.56 Å². The highest BCUT2D eigenvalue weighted by Gasteiger charge is 2.02. The molecule has 0 spiro atoms. The number of nitrogens with one attached hydrogen (secondary N) is 1. The zero-order valence-electron chi connectivity index (χ0n) is 9.12. The second kappa shape index (κ2) is 3.11. The Morgan fingerprint density at radius 2 is 2.46 bits per heavy atom. The zero-order chi connectivity index (χ0) is 10.8. The minimum atomic E-state index is 0.233. The first kappa shape index (κ1) is 6.05. The van der Waals surface area contributed by atoms with Gasteiger partial charge in [0.15, 0.2) is 0 Å². The topological polar surface area (TPSA) is 62.0 Å². The van der Waals surface area contributed by atoms with E-state index in [4.69, 9.17) is 2.82 Å². The number of benzene rings is 1. The Bertz CT molecular complexity index is 467. The summed E-state index contributed by atoms with van der Waals surface area (Å²) in [5.74, 6) is 0.233. The van der Waals surface area contributed by atoms with Crippen LogP contribution < -0.4 is 5.72 Å². The van der Waals surface area contributed by atoms with Crippen molar-refractivity contribution in [2.24, 2.45) is 5.72 Å². The van der Waals surface area contributed by atoms with E-state index in [0.29, 0.717) is 18.7 Å². The summed E-state index contributed by atoms with van der Waals surface area (Å²) >= 11 is 0. The van der Waals surface area contributed by atoms with Gasteiger partial charge in [-0.15, -0.1) is 0 Å². The number of aromatic amines is 1. The molecule has 4 N–H and O–H groups in total. The smallest absolute Gasteiger partial charge is 0.118 e. The number of phenolic OH excluding ortho intramolecular Hbond substituents is 1. The fourth-order valence-electron chi connectivity index (χ4n) is 1.49. The number of hydrogen-bond acceptors (Lipinski definition) is 2. The molecule has 0 aliphatic heterocycles. The molecule has 68 valence electrons. The van der Waals surface area contributed by atoms with Gasteiger partial charge in [0.1, 0.15) is 8.57 Å². The number of aromatic hydroxyl groups is 1. The van der Waals surface area contributed by atoms with Gasteiger partial charge < -0.3 is 15.8 Å². The van der Waals surface area contributed by atoms with Gasteiger partial charge in [-0.1, -0.05) is 0 Å². The number of nitrogens with two attached hydrogens (primary N) is 1. The molecule has 2 aromatic rings. The summed E-state index contributed by atoms with van der Waals surface area (Å²) in [6.07, 6.45) is 2.48. The summed E-state index contributed by atoms with van der Waals surface area (Å²) < 4.78 is 13.9. The quantitative estimate of drug-likeness (QED) is 0.664. The lowest BCUT2D eigenvalue weighted by Gasteiger charge is -1.96. The Hall–Kier alpha value is -1.48. The summed E-state index contributed by atoms with van der Waals surface area (Å²) in [7, 11) is 0. The second-order valence-electron chi connectivity index (χ2n) is 3.02. The van der Waals surface area contributed by atoms with E-state index in [9.17, 15) is 5.11 Å². The van der Waals surface area contributed by atoms with Crippen molar-refractivity contribution in [3.63, 3.8) is 0 Å². The second-order valence-corrected chi connectivity index (χ2v) is 3.02. The normalized spacial score (nSPS) is 13.3. The van der Waals surface area contributed by atoms with Crippen molar-refractivity contribution in [1.29, 1.82) is 0 Å². The molecule has 2 rings (SSSR count). The predicted octanol–water partition coefficient (Wildman–Crippen LogP) is 1.37. The van der Waals surface area contributed by atoms with E-state index >= 15 is 0 Å². The van der Waals surface area contributed by atoms with Crippen molar-refractivity contribution in [1.82, 2.24) is 4.98 Å². The molecular formula is C10H12N2O. The Balaban J connectivity index is 2.31. The minimum absolute atomic E-state index is 0.233. The number of H-pyrrole nitrogens is 1. The molecule has 0 aliphatic carbocycles. The third-order valence-corrected chi connectivity index (χ3v) is 2.13. The van der Waals surface area contributed by atoms with Crippen LogP contribution in [-0.4, -0.2) is 16.6 Å². The Morgan fingerprint density at radius 1 is 1.54 bits per heavy atom. The summed E-state index contributed by atoms with van der Waals surface area (Å²) in [6.45, 7) is 0.350. The van der Waals surface area contributed by atoms with Gasteiger partial charge in [-0.3, -0.25) is 0 Å². The van der Waals surface area contributed by atoms with Gasteiger partial charge in [-0.2, -0.15) is 0 Å². The fourth-order valence-corrected chi connectivity index (χ4v) is 1.49. The molecule has 0 bridgehead atoms. The van der Waals surface area contributed by atoms with Crippen LogP contribution in [0.15, 0.2) is 24.4 Å². The van der Waals surface area contributed by atoms with Gasteiger partial charge in [0.2, 0.25) is 0 Å². The van der Waals surface area contributed by atoms with Crippen molar-refractivity contribution in [3.05, 3.63) is 30.0 Å². The highest BCUT2D eigenvalue weighted by molar-refractivity contribution is 5.84. The van der Waals surface area contributed by atoms with Crippen LogP contribution >= 0.6 is 0 Å². The minimum Gasteiger partial charge on any atom is -0.508 e. The number of aromatic nitrogens is 1. The van der Waals surface area contributed by atoms with E-state index in [2.05, 4.69) is 4.98 Å². The Morgan fingerprint density at radius 3 is 3.31 bits per heavy atom. The van der Waals surface area contributed by atoms with Crippen LogP contribution in [0.25, 0.3) is 10.9 Å². The van der Waals surface area contributed by atoms with Gasteiger partial charge in [0, 0.05) is 17.1 Å². The highest BCUT2D eigenvalue weighted by atomic mass is 16.3. The van der Waals surface area contributed by atoms with Gasteiger partial charge >= 0.3 is 0 Å². The molecule has 3 nitrogen and oxygen atoms in total. The molecule has 1 heterocycles. The van der Waals surface area contributed by atoms with Crippen molar-refractivity contribution in [2.45, 2.75) is 6.42 Å². The van der Waals surface area contributed by atoms with E-state index in [-0.39, 0.29) is 5.75 Å². The first-order valence-electron chi connectivity index (χ1n) is 5.10. The maximum absolute atomic E-state index is 9.35. The first-order valence-corrected chi connectivity index (χ1v) is 4.21. The average molecular weight is 178 g/mol. The van der Waals surface area contributed by atoms with Crippen LogP contribution in [0, 0.1) is 0 Å². The maximum atomic E-state index is 9.35. The lowest BCUT2D eigenvalue weighted by atomic mass is 10.1. The summed E-state index contributed by atoms with van der Waals surface area (Å²) in [6, 6.07) is 5.14. The third-order valence-electron chi connectivity index (χ3n) is 2.13. The molecule has 0 amide bonds. The van der Waals surface area contributed by atoms with E-state index < -0.39 is 0 Å². The van der Waals surface area contributed by atoms with Crippen LogP contribution in [0.4, 0.5) is 0 Å². The van der Waals surface area contributed by atoms with Crippen molar-refractivity contribution in [3.8, 4) is 5.75 Å². The molecule has 0 unspecified atom stereocenters. The van der Waals surface area contributed by atoms with Gasteiger partial charge in [0.05, 0.1) is 0 Å². The van der Waals surface area contributed by atoms with Crippen LogP contribution in [-0.2, 0) is 6.42 Å². The van der Waals surface area contributed by atoms with E-state index in [1.807, 2.05) is 12.3 Å². The maximum Gasteiger partial charge on any atom is 0.118 e.